The van der Waals surface area contributed by atoms with Crippen molar-refractivity contribution in [3.63, 3.8) is 0 Å². The molecule has 0 spiro atoms. The Labute approximate surface area is 153 Å². The van der Waals surface area contributed by atoms with E-state index in [1.807, 2.05) is 36.4 Å². The number of nitrogens with zero attached hydrogens (tertiary/aromatic N) is 1. The zero-order chi connectivity index (χ0) is 18.3. The van der Waals surface area contributed by atoms with Crippen molar-refractivity contribution in [2.24, 2.45) is 5.92 Å². The molecule has 0 fully saturated rings. The first-order valence-corrected chi connectivity index (χ1v) is 8.96. The molecule has 0 amide bonds. The largest absolute Gasteiger partial charge is 0.478 e. The van der Waals surface area contributed by atoms with Gasteiger partial charge in [-0.05, 0) is 60.1 Å². The van der Waals surface area contributed by atoms with Crippen molar-refractivity contribution < 1.29 is 9.90 Å². The van der Waals surface area contributed by atoms with E-state index in [9.17, 15) is 9.90 Å². The van der Waals surface area contributed by atoms with Crippen molar-refractivity contribution in [2.45, 2.75) is 26.7 Å². The van der Waals surface area contributed by atoms with Crippen LogP contribution in [0, 0.1) is 12.8 Å². The van der Waals surface area contributed by atoms with Gasteiger partial charge < -0.3 is 5.11 Å². The number of carboxylic acids is 1. The van der Waals surface area contributed by atoms with Crippen molar-refractivity contribution in [1.82, 2.24) is 4.98 Å². The molecule has 130 valence electrons. The molecule has 3 aromatic rings. The Kier molecular flexibility index (Phi) is 4.08. The lowest BCUT2D eigenvalue weighted by molar-refractivity contribution is 0.0697. The highest BCUT2D eigenvalue weighted by molar-refractivity contribution is 6.06. The van der Waals surface area contributed by atoms with Gasteiger partial charge >= 0.3 is 5.97 Å². The molecule has 3 heteroatoms. The number of benzene rings is 2. The second kappa shape index (κ2) is 6.41. The van der Waals surface area contributed by atoms with E-state index in [1.165, 1.54) is 5.56 Å². The second-order valence-corrected chi connectivity index (χ2v) is 7.18. The third kappa shape index (κ3) is 2.80. The Balaban J connectivity index is 2.01. The zero-order valence-corrected chi connectivity index (χ0v) is 15.0. The van der Waals surface area contributed by atoms with Crippen molar-refractivity contribution in [3.8, 4) is 0 Å². The van der Waals surface area contributed by atoms with E-state index in [-0.39, 0.29) is 0 Å². The number of aromatic nitrogens is 1. The van der Waals surface area contributed by atoms with Crippen LogP contribution < -0.4 is 0 Å². The summed E-state index contributed by atoms with van der Waals surface area (Å²) >= 11 is 0. The fourth-order valence-corrected chi connectivity index (χ4v) is 3.92. The minimum Gasteiger partial charge on any atom is -0.478 e. The van der Waals surface area contributed by atoms with Crippen LogP contribution in [0.25, 0.3) is 22.6 Å². The summed E-state index contributed by atoms with van der Waals surface area (Å²) in [5.74, 6) is -0.483. The second-order valence-electron chi connectivity index (χ2n) is 7.18. The molecule has 1 N–H and O–H groups in total. The van der Waals surface area contributed by atoms with E-state index in [2.05, 4.69) is 32.1 Å². The van der Waals surface area contributed by atoms with E-state index in [0.29, 0.717) is 11.5 Å². The van der Waals surface area contributed by atoms with Crippen LogP contribution >= 0.6 is 0 Å². The maximum Gasteiger partial charge on any atom is 0.336 e. The molecular weight excluding hydrogens is 322 g/mol. The van der Waals surface area contributed by atoms with Crippen LogP contribution in [0.1, 0.15) is 46.1 Å². The predicted molar refractivity (Wildman–Crippen MR) is 105 cm³/mol. The van der Waals surface area contributed by atoms with Gasteiger partial charge in [-0.25, -0.2) is 9.78 Å². The van der Waals surface area contributed by atoms with E-state index < -0.39 is 5.97 Å². The number of hydrogen-bond donors (Lipinski definition) is 1. The Morgan fingerprint density at radius 1 is 1.12 bits per heavy atom. The van der Waals surface area contributed by atoms with Gasteiger partial charge in [-0.1, -0.05) is 49.4 Å². The highest BCUT2D eigenvalue weighted by atomic mass is 16.4. The van der Waals surface area contributed by atoms with Crippen LogP contribution in [0.3, 0.4) is 0 Å². The van der Waals surface area contributed by atoms with Gasteiger partial charge in [0.1, 0.15) is 0 Å². The van der Waals surface area contributed by atoms with Crippen LogP contribution in [-0.4, -0.2) is 16.1 Å². The normalized spacial score (nSPS) is 18.1. The number of rotatable bonds is 2. The first-order valence-electron chi connectivity index (χ1n) is 8.96. The first kappa shape index (κ1) is 16.5. The van der Waals surface area contributed by atoms with Gasteiger partial charge in [-0.2, -0.15) is 0 Å². The summed E-state index contributed by atoms with van der Waals surface area (Å²) in [5, 5.41) is 10.6. The quantitative estimate of drug-likeness (QED) is 0.681. The lowest BCUT2D eigenvalue weighted by atomic mass is 9.80. The van der Waals surface area contributed by atoms with Gasteiger partial charge in [-0.3, -0.25) is 0 Å². The average Bonchev–Trinajstić information content (AvgIpc) is 2.61. The van der Waals surface area contributed by atoms with E-state index >= 15 is 0 Å². The number of carbonyl (C=O) groups is 1. The lowest BCUT2D eigenvalue weighted by Crippen LogP contribution is -2.17. The van der Waals surface area contributed by atoms with Crippen LogP contribution in [0.5, 0.6) is 0 Å². The van der Waals surface area contributed by atoms with Crippen molar-refractivity contribution in [1.29, 1.82) is 0 Å². The van der Waals surface area contributed by atoms with Crippen LogP contribution in [0.2, 0.25) is 0 Å². The Bertz CT molecular complexity index is 1050. The average molecular weight is 343 g/mol. The maximum absolute atomic E-state index is 12.1. The summed E-state index contributed by atoms with van der Waals surface area (Å²) in [6.45, 7) is 4.27. The van der Waals surface area contributed by atoms with Crippen molar-refractivity contribution in [2.75, 3.05) is 0 Å². The molecule has 26 heavy (non-hydrogen) atoms. The molecule has 0 radical (unpaired) electrons. The summed E-state index contributed by atoms with van der Waals surface area (Å²) in [6.07, 6.45) is 3.84. The number of para-hydroxylation sites is 1. The highest BCUT2D eigenvalue weighted by Gasteiger charge is 2.27. The third-order valence-electron chi connectivity index (χ3n) is 5.15. The number of pyridine rings is 1. The Morgan fingerprint density at radius 2 is 1.85 bits per heavy atom. The molecule has 0 saturated heterocycles. The maximum atomic E-state index is 12.1. The summed E-state index contributed by atoms with van der Waals surface area (Å²) in [5.41, 5.74) is 6.37. The smallest absolute Gasteiger partial charge is 0.336 e. The van der Waals surface area contributed by atoms with Gasteiger partial charge in [0.05, 0.1) is 16.8 Å². The molecule has 0 saturated carbocycles. The van der Waals surface area contributed by atoms with Gasteiger partial charge in [0.15, 0.2) is 0 Å². The van der Waals surface area contributed by atoms with Crippen molar-refractivity contribution in [3.05, 3.63) is 76.5 Å². The molecule has 0 aliphatic heterocycles. The molecule has 3 nitrogen and oxygen atoms in total. The molecule has 1 heterocycles. The minimum atomic E-state index is -0.871. The first-order chi connectivity index (χ1) is 12.5. The third-order valence-corrected chi connectivity index (χ3v) is 5.15. The van der Waals surface area contributed by atoms with Crippen LogP contribution in [0.15, 0.2) is 48.5 Å². The number of allylic oxidation sites excluding steroid dienone is 1. The molecule has 1 aliphatic rings. The standard InChI is InChI=1S/C23H21NO2/c1-14-11-17(13-16-8-4-3-7-15(16)2)22-19(12-14)21(23(25)26)18-9-5-6-10-20(18)24-22/h3-10,13-14H,11-12H2,1-2H3,(H,25,26). The van der Waals surface area contributed by atoms with E-state index in [1.54, 1.807) is 0 Å². The molecule has 4 rings (SSSR count). The molecule has 1 aromatic heterocycles. The lowest BCUT2D eigenvalue weighted by Gasteiger charge is -2.26. The molecule has 1 atom stereocenters. The molecular formula is C23H21NO2. The Hall–Kier alpha value is -2.94. The summed E-state index contributed by atoms with van der Waals surface area (Å²) < 4.78 is 0. The fourth-order valence-electron chi connectivity index (χ4n) is 3.92. The number of hydrogen-bond acceptors (Lipinski definition) is 2. The topological polar surface area (TPSA) is 50.2 Å². The minimum absolute atomic E-state index is 0.388. The predicted octanol–water partition coefficient (Wildman–Crippen LogP) is 5.36. The molecule has 1 unspecified atom stereocenters. The number of aromatic carboxylic acids is 1. The SMILES string of the molecule is Cc1ccccc1C=C1CC(C)Cc2c1nc1ccccc1c2C(=O)O. The van der Waals surface area contributed by atoms with E-state index in [0.717, 1.165) is 46.1 Å². The van der Waals surface area contributed by atoms with Crippen LogP contribution in [-0.2, 0) is 6.42 Å². The van der Waals surface area contributed by atoms with Gasteiger partial charge in [0, 0.05) is 5.39 Å². The van der Waals surface area contributed by atoms with Gasteiger partial charge in [0.2, 0.25) is 0 Å². The molecule has 2 aromatic carbocycles. The molecule has 0 bridgehead atoms. The number of aryl methyl sites for hydroxylation is 1. The summed E-state index contributed by atoms with van der Waals surface area (Å²) in [4.78, 5) is 16.9. The fraction of sp³-hybridized carbons (Fsp3) is 0.217. The summed E-state index contributed by atoms with van der Waals surface area (Å²) in [6, 6.07) is 15.8. The zero-order valence-electron chi connectivity index (χ0n) is 15.0. The number of fused-ring (bicyclic) bond motifs is 2. The van der Waals surface area contributed by atoms with Gasteiger partial charge in [0.25, 0.3) is 0 Å². The number of carboxylic acid groups (broad SMARTS) is 1. The van der Waals surface area contributed by atoms with Crippen molar-refractivity contribution >= 4 is 28.5 Å². The van der Waals surface area contributed by atoms with E-state index in [4.69, 9.17) is 4.98 Å². The monoisotopic (exact) mass is 343 g/mol. The molecule has 1 aliphatic carbocycles. The summed E-state index contributed by atoms with van der Waals surface area (Å²) in [7, 11) is 0. The Morgan fingerprint density at radius 3 is 2.62 bits per heavy atom. The highest BCUT2D eigenvalue weighted by Crippen LogP contribution is 2.38. The van der Waals surface area contributed by atoms with Crippen LogP contribution in [0.4, 0.5) is 0 Å². The van der Waals surface area contributed by atoms with Gasteiger partial charge in [-0.15, -0.1) is 0 Å².